The average Bonchev–Trinajstić information content (AvgIpc) is 2.53. The van der Waals surface area contributed by atoms with Crippen molar-refractivity contribution in [2.45, 2.75) is 38.2 Å². The zero-order valence-corrected chi connectivity index (χ0v) is 12.8. The van der Waals surface area contributed by atoms with Crippen LogP contribution in [0.15, 0.2) is 12.1 Å². The Kier molecular flexibility index (Phi) is 5.04. The molecular formula is C16H25N3O2. The molecule has 0 aromatic carbocycles. The monoisotopic (exact) mass is 291 g/mol. The van der Waals surface area contributed by atoms with Crippen LogP contribution < -0.4 is 4.74 Å². The Balaban J connectivity index is 1.49. The highest BCUT2D eigenvalue weighted by molar-refractivity contribution is 5.12. The molecule has 2 aliphatic heterocycles. The number of ether oxygens (including phenoxy) is 2. The van der Waals surface area contributed by atoms with E-state index in [0.717, 1.165) is 44.1 Å². The molecule has 3 heterocycles. The van der Waals surface area contributed by atoms with Gasteiger partial charge in [0.05, 0.1) is 18.9 Å². The standard InChI is InChI=1S/C16H25N3O2/c1-19-8-4-13(5-9-19)12-14-2-3-16(18-17-14)21-15-6-10-20-11-7-15/h2-3,13,15H,4-12H2,1H3. The minimum Gasteiger partial charge on any atom is -0.473 e. The van der Waals surface area contributed by atoms with Gasteiger partial charge < -0.3 is 14.4 Å². The second-order valence-electron chi connectivity index (χ2n) is 6.24. The number of hydrogen-bond acceptors (Lipinski definition) is 5. The third kappa shape index (κ3) is 4.38. The maximum atomic E-state index is 5.85. The van der Waals surface area contributed by atoms with Crippen molar-refractivity contribution in [3.8, 4) is 5.88 Å². The van der Waals surface area contributed by atoms with Gasteiger partial charge in [-0.3, -0.25) is 0 Å². The highest BCUT2D eigenvalue weighted by Crippen LogP contribution is 2.21. The Labute approximate surface area is 126 Å². The van der Waals surface area contributed by atoms with Crippen LogP contribution >= 0.6 is 0 Å². The van der Waals surface area contributed by atoms with E-state index in [-0.39, 0.29) is 6.10 Å². The molecule has 2 saturated heterocycles. The molecule has 0 spiro atoms. The van der Waals surface area contributed by atoms with Gasteiger partial charge in [-0.15, -0.1) is 5.10 Å². The average molecular weight is 291 g/mol. The van der Waals surface area contributed by atoms with Crippen molar-refractivity contribution in [3.05, 3.63) is 17.8 Å². The maximum absolute atomic E-state index is 5.85. The number of rotatable bonds is 4. The van der Waals surface area contributed by atoms with Crippen molar-refractivity contribution in [2.24, 2.45) is 5.92 Å². The quantitative estimate of drug-likeness (QED) is 0.848. The number of nitrogens with zero attached hydrogens (tertiary/aromatic N) is 3. The van der Waals surface area contributed by atoms with Crippen LogP contribution in [0.5, 0.6) is 5.88 Å². The summed E-state index contributed by atoms with van der Waals surface area (Å²) >= 11 is 0. The fourth-order valence-corrected chi connectivity index (χ4v) is 3.05. The molecule has 0 atom stereocenters. The molecule has 2 aliphatic rings. The zero-order valence-electron chi connectivity index (χ0n) is 12.8. The van der Waals surface area contributed by atoms with Gasteiger partial charge in [-0.05, 0) is 51.4 Å². The molecule has 0 radical (unpaired) electrons. The predicted molar refractivity (Wildman–Crippen MR) is 80.4 cm³/mol. The van der Waals surface area contributed by atoms with Crippen LogP contribution in [0, 0.1) is 5.92 Å². The van der Waals surface area contributed by atoms with Crippen LogP contribution in [0.3, 0.4) is 0 Å². The van der Waals surface area contributed by atoms with E-state index in [1.165, 1.54) is 25.9 Å². The summed E-state index contributed by atoms with van der Waals surface area (Å²) in [5.41, 5.74) is 1.09. The predicted octanol–water partition coefficient (Wildman–Crippen LogP) is 1.92. The molecule has 0 unspecified atom stereocenters. The first-order chi connectivity index (χ1) is 10.3. The minimum atomic E-state index is 0.229. The molecule has 116 valence electrons. The Morgan fingerprint density at radius 3 is 2.57 bits per heavy atom. The van der Waals surface area contributed by atoms with Gasteiger partial charge in [-0.25, -0.2) is 0 Å². The number of likely N-dealkylation sites (tertiary alicyclic amines) is 1. The summed E-state index contributed by atoms with van der Waals surface area (Å²) in [6.45, 7) is 3.96. The summed E-state index contributed by atoms with van der Waals surface area (Å²) in [5, 5.41) is 8.57. The van der Waals surface area contributed by atoms with Gasteiger partial charge in [-0.2, -0.15) is 5.10 Å². The lowest BCUT2D eigenvalue weighted by atomic mass is 9.92. The Hall–Kier alpha value is -1.20. The molecule has 0 aliphatic carbocycles. The number of aromatic nitrogens is 2. The first-order valence-electron chi connectivity index (χ1n) is 8.05. The summed E-state index contributed by atoms with van der Waals surface area (Å²) in [4.78, 5) is 2.40. The van der Waals surface area contributed by atoms with Gasteiger partial charge in [0.2, 0.25) is 5.88 Å². The lowest BCUT2D eigenvalue weighted by Gasteiger charge is -2.28. The van der Waals surface area contributed by atoms with Crippen molar-refractivity contribution < 1.29 is 9.47 Å². The van der Waals surface area contributed by atoms with Crippen LogP contribution in [0.4, 0.5) is 0 Å². The van der Waals surface area contributed by atoms with Crippen LogP contribution in [0.25, 0.3) is 0 Å². The van der Waals surface area contributed by atoms with E-state index in [1.807, 2.05) is 6.07 Å². The molecule has 5 nitrogen and oxygen atoms in total. The van der Waals surface area contributed by atoms with E-state index in [4.69, 9.17) is 9.47 Å². The molecule has 1 aromatic rings. The topological polar surface area (TPSA) is 47.5 Å². The second-order valence-corrected chi connectivity index (χ2v) is 6.24. The first kappa shape index (κ1) is 14.7. The van der Waals surface area contributed by atoms with Gasteiger partial charge in [0.15, 0.2) is 0 Å². The van der Waals surface area contributed by atoms with E-state index in [2.05, 4.69) is 28.2 Å². The number of hydrogen-bond donors (Lipinski definition) is 0. The molecule has 0 N–H and O–H groups in total. The smallest absolute Gasteiger partial charge is 0.233 e. The van der Waals surface area contributed by atoms with Crippen LogP contribution in [0.1, 0.15) is 31.4 Å². The van der Waals surface area contributed by atoms with Crippen molar-refractivity contribution >= 4 is 0 Å². The third-order valence-electron chi connectivity index (χ3n) is 4.49. The normalized spacial score (nSPS) is 22.3. The molecule has 2 fully saturated rings. The summed E-state index contributed by atoms with van der Waals surface area (Å²) in [5.74, 6) is 1.40. The third-order valence-corrected chi connectivity index (χ3v) is 4.49. The molecule has 5 heteroatoms. The molecule has 21 heavy (non-hydrogen) atoms. The van der Waals surface area contributed by atoms with Crippen molar-refractivity contribution in [2.75, 3.05) is 33.4 Å². The summed E-state index contributed by atoms with van der Waals surface area (Å²) in [7, 11) is 2.19. The van der Waals surface area contributed by atoms with Gasteiger partial charge >= 0.3 is 0 Å². The Morgan fingerprint density at radius 2 is 1.90 bits per heavy atom. The molecule has 0 amide bonds. The van der Waals surface area contributed by atoms with Crippen molar-refractivity contribution in [3.63, 3.8) is 0 Å². The lowest BCUT2D eigenvalue weighted by Crippen LogP contribution is -2.31. The lowest BCUT2D eigenvalue weighted by molar-refractivity contribution is 0.0233. The van der Waals surface area contributed by atoms with E-state index in [9.17, 15) is 0 Å². The van der Waals surface area contributed by atoms with Gasteiger partial charge in [0.25, 0.3) is 0 Å². The highest BCUT2D eigenvalue weighted by Gasteiger charge is 2.18. The fourth-order valence-electron chi connectivity index (χ4n) is 3.05. The molecule has 3 rings (SSSR count). The van der Waals surface area contributed by atoms with Gasteiger partial charge in [0.1, 0.15) is 6.10 Å². The van der Waals surface area contributed by atoms with Crippen LogP contribution in [-0.2, 0) is 11.2 Å². The zero-order chi connectivity index (χ0) is 14.5. The summed E-state index contributed by atoms with van der Waals surface area (Å²) < 4.78 is 11.2. The highest BCUT2D eigenvalue weighted by atomic mass is 16.5. The Bertz CT molecular complexity index is 424. The van der Waals surface area contributed by atoms with Gasteiger partial charge in [-0.1, -0.05) is 0 Å². The fraction of sp³-hybridized carbons (Fsp3) is 0.750. The minimum absolute atomic E-state index is 0.229. The first-order valence-corrected chi connectivity index (χ1v) is 8.05. The largest absolute Gasteiger partial charge is 0.473 e. The molecule has 1 aromatic heterocycles. The van der Waals surface area contributed by atoms with Crippen molar-refractivity contribution in [1.82, 2.24) is 15.1 Å². The van der Waals surface area contributed by atoms with E-state index >= 15 is 0 Å². The molecule has 0 bridgehead atoms. The van der Waals surface area contributed by atoms with Gasteiger partial charge in [0, 0.05) is 18.9 Å². The van der Waals surface area contributed by atoms with E-state index in [1.54, 1.807) is 0 Å². The van der Waals surface area contributed by atoms with Crippen LogP contribution in [0.2, 0.25) is 0 Å². The summed E-state index contributed by atoms with van der Waals surface area (Å²) in [6, 6.07) is 4.03. The SMILES string of the molecule is CN1CCC(Cc2ccc(OC3CCOCC3)nn2)CC1. The summed E-state index contributed by atoms with van der Waals surface area (Å²) in [6.07, 6.45) is 5.68. The molecule has 0 saturated carbocycles. The molecular weight excluding hydrogens is 266 g/mol. The van der Waals surface area contributed by atoms with Crippen molar-refractivity contribution in [1.29, 1.82) is 0 Å². The second kappa shape index (κ2) is 7.18. The van der Waals surface area contributed by atoms with Crippen LogP contribution in [-0.4, -0.2) is 54.6 Å². The Morgan fingerprint density at radius 1 is 1.14 bits per heavy atom. The number of piperidine rings is 1. The van der Waals surface area contributed by atoms with E-state index < -0.39 is 0 Å². The maximum Gasteiger partial charge on any atom is 0.233 e. The van der Waals surface area contributed by atoms with E-state index in [0.29, 0.717) is 5.88 Å².